The molecule has 1 saturated heterocycles. The van der Waals surface area contributed by atoms with Gasteiger partial charge >= 0.3 is 5.69 Å². The summed E-state index contributed by atoms with van der Waals surface area (Å²) < 4.78 is 12.7. The van der Waals surface area contributed by atoms with Crippen LogP contribution in [0.15, 0.2) is 35.3 Å². The van der Waals surface area contributed by atoms with Crippen molar-refractivity contribution in [2.75, 3.05) is 20.2 Å². The first-order valence-electron chi connectivity index (χ1n) is 7.93. The van der Waals surface area contributed by atoms with E-state index in [0.717, 1.165) is 12.8 Å². The number of rotatable bonds is 4. The monoisotopic (exact) mass is 331 g/mol. The normalized spacial score (nSPS) is 17.6. The molecular formula is C17H21N3O4. The Morgan fingerprint density at radius 1 is 1.29 bits per heavy atom. The number of para-hydroxylation sites is 2. The number of likely N-dealkylation sites (tertiary alicyclic amines) is 1. The molecule has 1 N–H and O–H groups in total. The van der Waals surface area contributed by atoms with Gasteiger partial charge in [-0.05, 0) is 25.0 Å². The van der Waals surface area contributed by atoms with Crippen LogP contribution in [0.1, 0.15) is 23.3 Å². The van der Waals surface area contributed by atoms with Gasteiger partial charge in [-0.15, -0.1) is 0 Å². The molecule has 1 aliphatic heterocycles. The number of carbonyl (C=O) groups is 1. The SMILES string of the molecule is COc1ccccc1OC1CCCN(C(=O)c2c[nH]c(=O)n2C)C1. The number of H-pyrrole nitrogens is 1. The lowest BCUT2D eigenvalue weighted by atomic mass is 10.1. The van der Waals surface area contributed by atoms with E-state index in [1.54, 1.807) is 19.1 Å². The predicted molar refractivity (Wildman–Crippen MR) is 88.6 cm³/mol. The molecule has 1 unspecified atom stereocenters. The topological polar surface area (TPSA) is 76.6 Å². The number of benzene rings is 1. The molecular weight excluding hydrogens is 310 g/mol. The van der Waals surface area contributed by atoms with Gasteiger partial charge in [-0.25, -0.2) is 4.79 Å². The van der Waals surface area contributed by atoms with Gasteiger partial charge in [0.2, 0.25) is 0 Å². The minimum atomic E-state index is -0.294. The van der Waals surface area contributed by atoms with Crippen LogP contribution >= 0.6 is 0 Å². The number of amides is 1. The average Bonchev–Trinajstić information content (AvgIpc) is 2.94. The van der Waals surface area contributed by atoms with Gasteiger partial charge in [0.1, 0.15) is 11.8 Å². The van der Waals surface area contributed by atoms with Crippen molar-refractivity contribution >= 4 is 5.91 Å². The first kappa shape index (κ1) is 16.2. The van der Waals surface area contributed by atoms with Gasteiger partial charge in [-0.1, -0.05) is 12.1 Å². The summed E-state index contributed by atoms with van der Waals surface area (Å²) >= 11 is 0. The van der Waals surface area contributed by atoms with Crippen molar-refractivity contribution in [3.05, 3.63) is 46.6 Å². The van der Waals surface area contributed by atoms with Crippen LogP contribution in [0.25, 0.3) is 0 Å². The van der Waals surface area contributed by atoms with Crippen LogP contribution in [0.3, 0.4) is 0 Å². The highest BCUT2D eigenvalue weighted by molar-refractivity contribution is 5.92. The second kappa shape index (κ2) is 6.82. The Balaban J connectivity index is 1.71. The van der Waals surface area contributed by atoms with Gasteiger partial charge in [0.05, 0.1) is 13.7 Å². The van der Waals surface area contributed by atoms with Crippen molar-refractivity contribution in [1.29, 1.82) is 0 Å². The quantitative estimate of drug-likeness (QED) is 0.919. The van der Waals surface area contributed by atoms with E-state index in [0.29, 0.717) is 30.3 Å². The maximum atomic E-state index is 12.6. The molecule has 1 aromatic heterocycles. The fourth-order valence-electron chi connectivity index (χ4n) is 2.91. The van der Waals surface area contributed by atoms with E-state index >= 15 is 0 Å². The van der Waals surface area contributed by atoms with Crippen LogP contribution in [-0.4, -0.2) is 46.7 Å². The molecule has 1 amide bonds. The highest BCUT2D eigenvalue weighted by atomic mass is 16.5. The third-order valence-corrected chi connectivity index (χ3v) is 4.25. The zero-order valence-corrected chi connectivity index (χ0v) is 13.8. The number of hydrogen-bond acceptors (Lipinski definition) is 4. The van der Waals surface area contributed by atoms with Gasteiger partial charge in [-0.2, -0.15) is 0 Å². The van der Waals surface area contributed by atoms with Crippen molar-refractivity contribution in [1.82, 2.24) is 14.5 Å². The van der Waals surface area contributed by atoms with Crippen molar-refractivity contribution in [3.8, 4) is 11.5 Å². The Labute approximate surface area is 139 Å². The fraction of sp³-hybridized carbons (Fsp3) is 0.412. The number of imidazole rings is 1. The van der Waals surface area contributed by atoms with E-state index in [1.165, 1.54) is 10.8 Å². The first-order valence-corrected chi connectivity index (χ1v) is 7.93. The molecule has 0 saturated carbocycles. The van der Waals surface area contributed by atoms with Crippen molar-refractivity contribution in [2.45, 2.75) is 18.9 Å². The summed E-state index contributed by atoms with van der Waals surface area (Å²) in [6.45, 7) is 1.14. The van der Waals surface area contributed by atoms with Gasteiger partial charge in [0.15, 0.2) is 11.5 Å². The molecule has 2 heterocycles. The Hall–Kier alpha value is -2.70. The fourth-order valence-corrected chi connectivity index (χ4v) is 2.91. The number of carbonyl (C=O) groups excluding carboxylic acids is 1. The van der Waals surface area contributed by atoms with E-state index in [2.05, 4.69) is 4.98 Å². The maximum absolute atomic E-state index is 12.6. The number of aromatic nitrogens is 2. The third kappa shape index (κ3) is 3.15. The largest absolute Gasteiger partial charge is 0.493 e. The molecule has 7 heteroatoms. The number of piperidine rings is 1. The van der Waals surface area contributed by atoms with Gasteiger partial charge in [0, 0.05) is 19.8 Å². The Morgan fingerprint density at radius 3 is 2.71 bits per heavy atom. The lowest BCUT2D eigenvalue weighted by molar-refractivity contribution is 0.0523. The van der Waals surface area contributed by atoms with Crippen LogP contribution in [0.4, 0.5) is 0 Å². The summed E-state index contributed by atoms with van der Waals surface area (Å²) in [5.74, 6) is 1.19. The van der Waals surface area contributed by atoms with Crippen LogP contribution < -0.4 is 15.2 Å². The lowest BCUT2D eigenvalue weighted by Crippen LogP contribution is -2.45. The summed E-state index contributed by atoms with van der Waals surface area (Å²) in [6.07, 6.45) is 3.07. The van der Waals surface area contributed by atoms with Crippen LogP contribution in [0, 0.1) is 0 Å². The third-order valence-electron chi connectivity index (χ3n) is 4.25. The Kier molecular flexibility index (Phi) is 4.59. The van der Waals surface area contributed by atoms with Crippen molar-refractivity contribution < 1.29 is 14.3 Å². The molecule has 2 aromatic rings. The molecule has 1 fully saturated rings. The number of aromatic amines is 1. The maximum Gasteiger partial charge on any atom is 0.325 e. The number of nitrogens with zero attached hydrogens (tertiary/aromatic N) is 2. The number of nitrogens with one attached hydrogen (secondary N) is 1. The summed E-state index contributed by atoms with van der Waals surface area (Å²) in [5.41, 5.74) is 0.0649. The molecule has 0 bridgehead atoms. The molecule has 0 spiro atoms. The second-order valence-corrected chi connectivity index (χ2v) is 5.82. The molecule has 1 aromatic carbocycles. The smallest absolute Gasteiger partial charge is 0.325 e. The first-order chi connectivity index (χ1) is 11.6. The van der Waals surface area contributed by atoms with E-state index in [4.69, 9.17) is 9.47 Å². The van der Waals surface area contributed by atoms with Gasteiger partial charge in [-0.3, -0.25) is 9.36 Å². The predicted octanol–water partition coefficient (Wildman–Crippen LogP) is 1.41. The Morgan fingerprint density at radius 2 is 2.04 bits per heavy atom. The van der Waals surface area contributed by atoms with Crippen LogP contribution in [0.5, 0.6) is 11.5 Å². The Bertz CT molecular complexity index is 780. The van der Waals surface area contributed by atoms with Crippen molar-refractivity contribution in [2.24, 2.45) is 7.05 Å². The van der Waals surface area contributed by atoms with Crippen LogP contribution in [0.2, 0.25) is 0 Å². The van der Waals surface area contributed by atoms with Gasteiger partial charge < -0.3 is 19.4 Å². The molecule has 1 atom stereocenters. The molecule has 24 heavy (non-hydrogen) atoms. The molecule has 0 radical (unpaired) electrons. The zero-order valence-electron chi connectivity index (χ0n) is 13.8. The zero-order chi connectivity index (χ0) is 17.1. The summed E-state index contributed by atoms with van der Waals surface area (Å²) in [7, 11) is 3.18. The lowest BCUT2D eigenvalue weighted by Gasteiger charge is -2.33. The average molecular weight is 331 g/mol. The summed E-state index contributed by atoms with van der Waals surface area (Å²) in [6, 6.07) is 7.47. The highest BCUT2D eigenvalue weighted by Crippen LogP contribution is 2.28. The summed E-state index contributed by atoms with van der Waals surface area (Å²) in [4.78, 5) is 28.4. The van der Waals surface area contributed by atoms with E-state index in [1.807, 2.05) is 24.3 Å². The number of hydrogen-bond donors (Lipinski definition) is 1. The molecule has 3 rings (SSSR count). The second-order valence-electron chi connectivity index (χ2n) is 5.82. The van der Waals surface area contributed by atoms with Crippen LogP contribution in [-0.2, 0) is 7.05 Å². The van der Waals surface area contributed by atoms with E-state index in [-0.39, 0.29) is 17.7 Å². The summed E-state index contributed by atoms with van der Waals surface area (Å²) in [5, 5.41) is 0. The highest BCUT2D eigenvalue weighted by Gasteiger charge is 2.27. The minimum Gasteiger partial charge on any atom is -0.493 e. The molecule has 0 aliphatic carbocycles. The number of methoxy groups -OCH3 is 1. The number of ether oxygens (including phenoxy) is 2. The molecule has 128 valence electrons. The molecule has 1 aliphatic rings. The van der Waals surface area contributed by atoms with E-state index in [9.17, 15) is 9.59 Å². The van der Waals surface area contributed by atoms with E-state index < -0.39 is 0 Å². The molecule has 7 nitrogen and oxygen atoms in total. The van der Waals surface area contributed by atoms with Crippen molar-refractivity contribution in [3.63, 3.8) is 0 Å². The minimum absolute atomic E-state index is 0.102. The van der Waals surface area contributed by atoms with Gasteiger partial charge in [0.25, 0.3) is 5.91 Å². The standard InChI is InChI=1S/C17H21N3O4/c1-19-13(10-18-17(19)22)16(21)20-9-5-6-12(11-20)24-15-8-4-3-7-14(15)23-2/h3-4,7-8,10,12H,5-6,9,11H2,1-2H3,(H,18,22).